The van der Waals surface area contributed by atoms with Crippen LogP contribution in [0.3, 0.4) is 0 Å². The largest absolute Gasteiger partial charge is 0.337 e. The Kier molecular flexibility index (Phi) is 7.02. The van der Waals surface area contributed by atoms with Gasteiger partial charge in [-0.05, 0) is 20.3 Å². The van der Waals surface area contributed by atoms with Crippen molar-refractivity contribution in [2.45, 2.75) is 50.8 Å². The van der Waals surface area contributed by atoms with Gasteiger partial charge in [-0.1, -0.05) is 25.4 Å². The summed E-state index contributed by atoms with van der Waals surface area (Å²) < 4.78 is 3.51. The van der Waals surface area contributed by atoms with Gasteiger partial charge < -0.3 is 4.90 Å². The lowest BCUT2D eigenvalue weighted by Gasteiger charge is -2.23. The molecule has 0 atom stereocenters. The summed E-state index contributed by atoms with van der Waals surface area (Å²) in [5.41, 5.74) is 4.43. The average Bonchev–Trinajstić information content (AvgIpc) is 3.05. The fraction of sp³-hybridized carbons (Fsp3) is 0.565. The minimum atomic E-state index is 0.0493. The first kappa shape index (κ1) is 24.0. The summed E-state index contributed by atoms with van der Waals surface area (Å²) in [4.78, 5) is 23.6. The lowest BCUT2D eigenvalue weighted by Crippen LogP contribution is -2.35. The van der Waals surface area contributed by atoms with Crippen molar-refractivity contribution >= 4 is 40.3 Å². The quantitative estimate of drug-likeness (QED) is 0.507. The molecule has 1 aliphatic rings. The molecular weight excluding hydrogens is 458 g/mol. The number of hydrogen-bond donors (Lipinski definition) is 0. The van der Waals surface area contributed by atoms with Crippen LogP contribution >= 0.6 is 23.4 Å². The maximum atomic E-state index is 13.7. The van der Waals surface area contributed by atoms with E-state index in [1.807, 2.05) is 32.8 Å². The van der Waals surface area contributed by atoms with Gasteiger partial charge in [0.05, 0.1) is 22.3 Å². The molecule has 1 amide bonds. The van der Waals surface area contributed by atoms with Crippen LogP contribution < -0.4 is 0 Å². The highest BCUT2D eigenvalue weighted by Crippen LogP contribution is 2.35. The molecule has 1 aliphatic heterocycles. The van der Waals surface area contributed by atoms with Crippen LogP contribution in [-0.4, -0.2) is 71.7 Å². The summed E-state index contributed by atoms with van der Waals surface area (Å²) in [5, 5.41) is 11.0. The minimum Gasteiger partial charge on any atom is -0.337 e. The van der Waals surface area contributed by atoms with Gasteiger partial charge >= 0.3 is 0 Å². The van der Waals surface area contributed by atoms with Crippen LogP contribution in [0.1, 0.15) is 47.6 Å². The second-order valence-electron chi connectivity index (χ2n) is 8.98. The third-order valence-electron chi connectivity index (χ3n) is 6.09. The predicted molar refractivity (Wildman–Crippen MR) is 133 cm³/mol. The lowest BCUT2D eigenvalue weighted by atomic mass is 10.1. The van der Waals surface area contributed by atoms with Crippen LogP contribution in [0.15, 0.2) is 11.1 Å². The van der Waals surface area contributed by atoms with Crippen molar-refractivity contribution in [2.24, 2.45) is 14.1 Å². The van der Waals surface area contributed by atoms with E-state index in [-0.39, 0.29) is 5.91 Å². The summed E-state index contributed by atoms with van der Waals surface area (Å²) >= 11 is 8.16. The Morgan fingerprint density at radius 2 is 1.82 bits per heavy atom. The van der Waals surface area contributed by atoms with Crippen LogP contribution in [0.4, 0.5) is 0 Å². The SMILES string of the molecule is Cc1nn(C)c(Cl)c1CN1CCCN(C(=O)c2cnc3c(c(C)nn3C)c2SC(C)C)CC1. The molecule has 4 rings (SSSR count). The number of aromatic nitrogens is 5. The van der Waals surface area contributed by atoms with Gasteiger partial charge in [-0.25, -0.2) is 4.98 Å². The topological polar surface area (TPSA) is 72.1 Å². The minimum absolute atomic E-state index is 0.0493. The molecule has 10 heteroatoms. The number of rotatable bonds is 5. The Morgan fingerprint density at radius 3 is 2.48 bits per heavy atom. The number of fused-ring (bicyclic) bond motifs is 1. The van der Waals surface area contributed by atoms with E-state index in [4.69, 9.17) is 11.6 Å². The lowest BCUT2D eigenvalue weighted by molar-refractivity contribution is 0.0757. The molecule has 0 saturated carbocycles. The number of amides is 1. The van der Waals surface area contributed by atoms with Crippen molar-refractivity contribution < 1.29 is 4.79 Å². The van der Waals surface area contributed by atoms with E-state index in [2.05, 4.69) is 33.9 Å². The summed E-state index contributed by atoms with van der Waals surface area (Å²) in [6.45, 7) is 12.1. The molecule has 0 bridgehead atoms. The molecule has 0 spiro atoms. The van der Waals surface area contributed by atoms with E-state index in [1.54, 1.807) is 27.3 Å². The standard InChI is InChI=1S/C23H32ClN7OS/c1-14(2)33-20-17(12-25-22-19(20)16(4)27-29(22)6)23(32)31-9-7-8-30(10-11-31)13-18-15(3)26-28(5)21(18)24/h12,14H,7-11,13H2,1-6H3. The maximum Gasteiger partial charge on any atom is 0.256 e. The number of thioether (sulfide) groups is 1. The molecule has 1 saturated heterocycles. The summed E-state index contributed by atoms with van der Waals surface area (Å²) in [7, 11) is 3.76. The molecule has 3 aromatic heterocycles. The molecule has 0 aliphatic carbocycles. The zero-order chi connectivity index (χ0) is 23.9. The molecule has 3 aromatic rings. The second-order valence-corrected chi connectivity index (χ2v) is 10.9. The highest BCUT2D eigenvalue weighted by atomic mass is 35.5. The van der Waals surface area contributed by atoms with Crippen molar-refractivity contribution in [1.29, 1.82) is 0 Å². The Morgan fingerprint density at radius 1 is 1.09 bits per heavy atom. The first-order chi connectivity index (χ1) is 15.7. The predicted octanol–water partition coefficient (Wildman–Crippen LogP) is 3.82. The van der Waals surface area contributed by atoms with E-state index >= 15 is 0 Å². The molecule has 8 nitrogen and oxygen atoms in total. The van der Waals surface area contributed by atoms with Crippen molar-refractivity contribution in [3.8, 4) is 0 Å². The molecule has 33 heavy (non-hydrogen) atoms. The van der Waals surface area contributed by atoms with E-state index < -0.39 is 0 Å². The van der Waals surface area contributed by atoms with E-state index in [0.717, 1.165) is 65.5 Å². The molecule has 0 N–H and O–H groups in total. The second kappa shape index (κ2) is 9.64. The summed E-state index contributed by atoms with van der Waals surface area (Å²) in [6.07, 6.45) is 2.65. The molecule has 1 fully saturated rings. The number of halogens is 1. The number of hydrogen-bond acceptors (Lipinski definition) is 6. The molecule has 0 radical (unpaired) electrons. The number of pyridine rings is 1. The van der Waals surface area contributed by atoms with Crippen molar-refractivity contribution in [1.82, 2.24) is 34.3 Å². The summed E-state index contributed by atoms with van der Waals surface area (Å²) in [5.74, 6) is 0.0493. The summed E-state index contributed by atoms with van der Waals surface area (Å²) in [6, 6.07) is 0. The van der Waals surface area contributed by atoms with Gasteiger partial charge in [0.2, 0.25) is 0 Å². The Bertz CT molecular complexity index is 1190. The van der Waals surface area contributed by atoms with Gasteiger partial charge in [0.1, 0.15) is 5.15 Å². The van der Waals surface area contributed by atoms with E-state index in [9.17, 15) is 4.79 Å². The molecule has 178 valence electrons. The van der Waals surface area contributed by atoms with Gasteiger partial charge in [-0.15, -0.1) is 11.8 Å². The maximum absolute atomic E-state index is 13.7. The van der Waals surface area contributed by atoms with Crippen LogP contribution in [0.2, 0.25) is 5.15 Å². The van der Waals surface area contributed by atoms with Crippen LogP contribution in [-0.2, 0) is 20.6 Å². The van der Waals surface area contributed by atoms with Crippen molar-refractivity contribution in [3.63, 3.8) is 0 Å². The fourth-order valence-corrected chi connectivity index (χ4v) is 5.80. The number of carbonyl (C=O) groups is 1. The first-order valence-corrected chi connectivity index (χ1v) is 12.6. The van der Waals surface area contributed by atoms with Crippen LogP contribution in [0, 0.1) is 13.8 Å². The molecule has 4 heterocycles. The Labute approximate surface area is 204 Å². The number of nitrogens with zero attached hydrogens (tertiary/aromatic N) is 7. The zero-order valence-corrected chi connectivity index (χ0v) is 21.8. The number of carbonyl (C=O) groups excluding carboxylic acids is 1. The third kappa shape index (κ3) is 4.76. The normalized spacial score (nSPS) is 15.6. The van der Waals surface area contributed by atoms with Gasteiger partial charge in [-0.3, -0.25) is 19.1 Å². The highest BCUT2D eigenvalue weighted by molar-refractivity contribution is 8.00. The van der Waals surface area contributed by atoms with E-state index in [1.165, 1.54) is 0 Å². The van der Waals surface area contributed by atoms with Crippen LogP contribution in [0.5, 0.6) is 0 Å². The third-order valence-corrected chi connectivity index (χ3v) is 7.69. The molecule has 0 unspecified atom stereocenters. The van der Waals surface area contributed by atoms with E-state index in [0.29, 0.717) is 22.5 Å². The van der Waals surface area contributed by atoms with Gasteiger partial charge in [-0.2, -0.15) is 10.2 Å². The zero-order valence-electron chi connectivity index (χ0n) is 20.2. The number of aryl methyl sites for hydroxylation is 4. The molecular formula is C23H32ClN7OS. The monoisotopic (exact) mass is 489 g/mol. The fourth-order valence-electron chi connectivity index (χ4n) is 4.47. The van der Waals surface area contributed by atoms with Gasteiger partial charge in [0.15, 0.2) is 5.65 Å². The van der Waals surface area contributed by atoms with Gasteiger partial charge in [0, 0.05) is 68.7 Å². The Hall–Kier alpha value is -2.10. The highest BCUT2D eigenvalue weighted by Gasteiger charge is 2.27. The first-order valence-electron chi connectivity index (χ1n) is 11.4. The molecule has 0 aromatic carbocycles. The van der Waals surface area contributed by atoms with Crippen molar-refractivity contribution in [2.75, 3.05) is 26.2 Å². The van der Waals surface area contributed by atoms with Gasteiger partial charge in [0.25, 0.3) is 5.91 Å². The smallest absolute Gasteiger partial charge is 0.256 e. The van der Waals surface area contributed by atoms with Crippen molar-refractivity contribution in [3.05, 3.63) is 33.9 Å². The average molecular weight is 490 g/mol. The van der Waals surface area contributed by atoms with Crippen LogP contribution in [0.25, 0.3) is 11.0 Å². The Balaban J connectivity index is 1.56.